The van der Waals surface area contributed by atoms with E-state index in [1.165, 1.54) is 63.7 Å². The molecule has 7 aromatic rings. The van der Waals surface area contributed by atoms with Crippen LogP contribution in [0.15, 0.2) is 121 Å². The number of pyridine rings is 1. The highest BCUT2D eigenvalue weighted by Crippen LogP contribution is 2.51. The van der Waals surface area contributed by atoms with E-state index in [9.17, 15) is 0 Å². The maximum absolute atomic E-state index is 6.59. The molecule has 2 fully saturated rings. The second-order valence-electron chi connectivity index (χ2n) is 14.7. The maximum atomic E-state index is 6.59. The lowest BCUT2D eigenvalue weighted by molar-refractivity contribution is 0.706. The SMILES string of the molecule is Nc1ccc2c(c1)Cc1cc(Cc3ccc([N+]4(c5ccc(N)c(Cc6ccc7nc8ccc(N)cc8cc7c6)c5)CC4)cc3)ccc1[N+]21CC1. The van der Waals surface area contributed by atoms with Gasteiger partial charge >= 0.3 is 0 Å². The topological polar surface area (TPSA) is 91.0 Å². The Kier molecular flexibility index (Phi) is 6.23. The molecule has 1 aromatic heterocycles. The van der Waals surface area contributed by atoms with Crippen molar-refractivity contribution in [1.82, 2.24) is 14.0 Å². The number of nitrogens with two attached hydrogens (primary N) is 3. The molecule has 0 radical (unpaired) electrons. The molecule has 4 heterocycles. The molecule has 3 aliphatic heterocycles. The van der Waals surface area contributed by atoms with Crippen LogP contribution >= 0.6 is 0 Å². The number of hydrogen-bond donors (Lipinski definition) is 3. The largest absolute Gasteiger partial charge is 0.399 e. The molecule has 0 amide bonds. The number of nitrogen functional groups attached to an aromatic ring is 3. The molecule has 0 saturated carbocycles. The molecule has 6 heteroatoms. The van der Waals surface area contributed by atoms with Crippen LogP contribution in [-0.2, 0) is 19.3 Å². The predicted molar refractivity (Wildman–Crippen MR) is 209 cm³/mol. The van der Waals surface area contributed by atoms with Gasteiger partial charge in [0, 0.05) is 69.6 Å². The van der Waals surface area contributed by atoms with Crippen molar-refractivity contribution in [3.8, 4) is 0 Å². The zero-order chi connectivity index (χ0) is 33.6. The second-order valence-corrected chi connectivity index (χ2v) is 14.7. The van der Waals surface area contributed by atoms with E-state index in [0.717, 1.165) is 85.7 Å². The van der Waals surface area contributed by atoms with Gasteiger partial charge in [-0.1, -0.05) is 24.3 Å². The van der Waals surface area contributed by atoms with Gasteiger partial charge in [0.25, 0.3) is 0 Å². The summed E-state index contributed by atoms with van der Waals surface area (Å²) in [7, 11) is 0. The molecule has 0 aliphatic carbocycles. The third-order valence-electron chi connectivity index (χ3n) is 11.4. The summed E-state index contributed by atoms with van der Waals surface area (Å²) < 4.78 is 1.85. The second kappa shape index (κ2) is 10.7. The number of quaternary nitrogens is 2. The van der Waals surface area contributed by atoms with Crippen LogP contribution in [0.4, 0.5) is 39.8 Å². The molecule has 6 aromatic carbocycles. The van der Waals surface area contributed by atoms with Crippen molar-refractivity contribution in [3.05, 3.63) is 155 Å². The van der Waals surface area contributed by atoms with E-state index in [0.29, 0.717) is 0 Å². The lowest BCUT2D eigenvalue weighted by Crippen LogP contribution is -2.26. The third kappa shape index (κ3) is 4.75. The molecule has 50 heavy (non-hydrogen) atoms. The summed E-state index contributed by atoms with van der Waals surface area (Å²) in [5, 5.41) is 2.17. The molecule has 3 aliphatic rings. The quantitative estimate of drug-likeness (QED) is 0.0727. The summed E-state index contributed by atoms with van der Waals surface area (Å²) in [4.78, 5) is 4.85. The summed E-state index contributed by atoms with van der Waals surface area (Å²) >= 11 is 0. The molecule has 2 saturated heterocycles. The number of anilines is 3. The summed E-state index contributed by atoms with van der Waals surface area (Å²) in [5.74, 6) is 0. The van der Waals surface area contributed by atoms with Gasteiger partial charge < -0.3 is 17.2 Å². The Labute approximate surface area is 292 Å². The van der Waals surface area contributed by atoms with Gasteiger partial charge in [-0.15, -0.1) is 0 Å². The van der Waals surface area contributed by atoms with E-state index >= 15 is 0 Å². The number of rotatable bonds is 6. The zero-order valence-corrected chi connectivity index (χ0v) is 28.1. The number of nitrogens with zero attached hydrogens (tertiary/aromatic N) is 3. The molecule has 0 atom stereocenters. The van der Waals surface area contributed by atoms with E-state index in [1.54, 1.807) is 0 Å². The average molecular weight is 653 g/mol. The Hall–Kier alpha value is -5.69. The van der Waals surface area contributed by atoms with Crippen molar-refractivity contribution in [2.45, 2.75) is 19.3 Å². The normalized spacial score (nSPS) is 16.3. The Morgan fingerprint density at radius 3 is 1.86 bits per heavy atom. The van der Waals surface area contributed by atoms with Gasteiger partial charge in [0.15, 0.2) is 0 Å². The predicted octanol–water partition coefficient (Wildman–Crippen LogP) is 8.53. The van der Waals surface area contributed by atoms with Crippen LogP contribution in [-0.4, -0.2) is 31.2 Å². The van der Waals surface area contributed by atoms with Crippen molar-refractivity contribution >= 4 is 61.6 Å². The van der Waals surface area contributed by atoms with Crippen LogP contribution < -0.4 is 26.2 Å². The lowest BCUT2D eigenvalue weighted by Gasteiger charge is -2.28. The van der Waals surface area contributed by atoms with Gasteiger partial charge in [0.2, 0.25) is 0 Å². The fraction of sp³-hybridized carbons (Fsp3) is 0.159. The van der Waals surface area contributed by atoms with Crippen molar-refractivity contribution in [1.29, 1.82) is 0 Å². The molecule has 6 N–H and O–H groups in total. The summed E-state index contributed by atoms with van der Waals surface area (Å²) in [5.41, 5.74) is 36.6. The smallest absolute Gasteiger partial charge is 0.141 e. The molecule has 10 rings (SSSR count). The standard InChI is InChI=1S/C44H40N6/c45-36-5-12-42-33(25-36)23-32-21-30(3-11-41(32)48-42)20-31-27-39(9-10-40(31)47)49(15-16-49)38-7-1-28(2-8-38)19-29-4-13-43-34(22-29)24-35-26-37(46)6-14-44(35)50(43)17-18-50/h1-14,21-23,25-27H,15-20,24,45-47H2/q+2. The fourth-order valence-electron chi connectivity index (χ4n) is 8.54. The number of aromatic nitrogens is 1. The monoisotopic (exact) mass is 652 g/mol. The molecular weight excluding hydrogens is 613 g/mol. The highest BCUT2D eigenvalue weighted by atomic mass is 15.5. The van der Waals surface area contributed by atoms with Crippen LogP contribution in [0, 0.1) is 0 Å². The van der Waals surface area contributed by atoms with Crippen molar-refractivity contribution in [2.24, 2.45) is 0 Å². The van der Waals surface area contributed by atoms with E-state index < -0.39 is 0 Å². The third-order valence-corrected chi connectivity index (χ3v) is 11.4. The highest BCUT2D eigenvalue weighted by Gasteiger charge is 2.51. The van der Waals surface area contributed by atoms with E-state index in [2.05, 4.69) is 103 Å². The number of hydrogen-bond acceptors (Lipinski definition) is 4. The summed E-state index contributed by atoms with van der Waals surface area (Å²) in [6.45, 7) is 4.54. The van der Waals surface area contributed by atoms with Crippen LogP contribution in [0.3, 0.4) is 0 Å². The minimum absolute atomic E-state index is 0.750. The first-order chi connectivity index (χ1) is 24.3. The summed E-state index contributed by atoms with van der Waals surface area (Å²) in [6, 6.07) is 44.1. The minimum atomic E-state index is 0.750. The van der Waals surface area contributed by atoms with E-state index in [-0.39, 0.29) is 0 Å². The van der Waals surface area contributed by atoms with Crippen molar-refractivity contribution in [3.63, 3.8) is 0 Å². The first-order valence-electron chi connectivity index (χ1n) is 17.7. The van der Waals surface area contributed by atoms with Crippen LogP contribution in [0.2, 0.25) is 0 Å². The number of benzene rings is 6. The average Bonchev–Trinajstić information content (AvgIpc) is 4.06. The van der Waals surface area contributed by atoms with Gasteiger partial charge in [0.1, 0.15) is 48.9 Å². The van der Waals surface area contributed by atoms with Crippen molar-refractivity contribution < 1.29 is 0 Å². The lowest BCUT2D eigenvalue weighted by atomic mass is 9.92. The molecular formula is C44H40N6+2. The molecule has 244 valence electrons. The van der Waals surface area contributed by atoms with Gasteiger partial charge in [-0.25, -0.2) is 14.0 Å². The Morgan fingerprint density at radius 1 is 0.480 bits per heavy atom. The minimum Gasteiger partial charge on any atom is -0.399 e. The van der Waals surface area contributed by atoms with Gasteiger partial charge in [0.05, 0.1) is 11.0 Å². The Bertz CT molecular complexity index is 2510. The fourth-order valence-corrected chi connectivity index (χ4v) is 8.54. The first-order valence-corrected chi connectivity index (χ1v) is 17.7. The Balaban J connectivity index is 0.887. The Morgan fingerprint density at radius 2 is 1.08 bits per heavy atom. The molecule has 0 unspecified atom stereocenters. The van der Waals surface area contributed by atoms with E-state index in [1.807, 2.05) is 18.2 Å². The first kappa shape index (κ1) is 29.2. The van der Waals surface area contributed by atoms with Gasteiger partial charge in [-0.2, -0.15) is 0 Å². The molecule has 0 bridgehead atoms. The maximum Gasteiger partial charge on any atom is 0.141 e. The van der Waals surface area contributed by atoms with Crippen molar-refractivity contribution in [2.75, 3.05) is 43.4 Å². The summed E-state index contributed by atoms with van der Waals surface area (Å²) in [6.07, 6.45) is 2.65. The zero-order valence-electron chi connectivity index (χ0n) is 28.1. The van der Waals surface area contributed by atoms with Crippen LogP contribution in [0.25, 0.3) is 21.8 Å². The number of fused-ring (bicyclic) bond motifs is 6. The van der Waals surface area contributed by atoms with Crippen LogP contribution in [0.1, 0.15) is 33.4 Å². The van der Waals surface area contributed by atoms with Crippen LogP contribution in [0.5, 0.6) is 0 Å². The van der Waals surface area contributed by atoms with Gasteiger partial charge in [-0.05, 0) is 108 Å². The van der Waals surface area contributed by atoms with Gasteiger partial charge in [-0.3, -0.25) is 0 Å². The molecule has 1 spiro atoms. The highest BCUT2D eigenvalue weighted by molar-refractivity contribution is 5.94. The van der Waals surface area contributed by atoms with E-state index in [4.69, 9.17) is 22.2 Å². The molecule has 6 nitrogen and oxygen atoms in total.